The molecule has 158 valence electrons. The maximum absolute atomic E-state index is 10.9. The van der Waals surface area contributed by atoms with Gasteiger partial charge in [-0.25, -0.2) is 0 Å². The number of benzene rings is 1. The van der Waals surface area contributed by atoms with Crippen LogP contribution in [-0.2, 0) is 6.42 Å². The molecule has 1 aromatic rings. The van der Waals surface area contributed by atoms with Crippen molar-refractivity contribution in [2.75, 3.05) is 13.1 Å². The van der Waals surface area contributed by atoms with Crippen molar-refractivity contribution in [1.82, 2.24) is 4.90 Å². The number of aryl methyl sites for hydroxylation is 1. The summed E-state index contributed by atoms with van der Waals surface area (Å²) in [5.41, 5.74) is 9.49. The Balaban J connectivity index is 1.59. The molecule has 0 atom stereocenters. The van der Waals surface area contributed by atoms with E-state index in [9.17, 15) is 5.11 Å². The summed E-state index contributed by atoms with van der Waals surface area (Å²) < 4.78 is 6.36. The second-order valence-electron chi connectivity index (χ2n) is 9.23. The highest BCUT2D eigenvalue weighted by Crippen LogP contribution is 2.48. The standard InChI is InChI=1S/C23H33N3O3/c1-23(2)18-10-11-26(22(24)25-28)14-17(18)21-19(27)12-16(13-20(21)29-23)9-5-8-15-6-3-4-7-15/h12-13,15,27-28H,3-11,14H2,1-2H3,(H2,24,25). The second-order valence-corrected chi connectivity index (χ2v) is 9.23. The molecule has 0 radical (unpaired) electrons. The lowest BCUT2D eigenvalue weighted by Crippen LogP contribution is -2.46. The zero-order valence-electron chi connectivity index (χ0n) is 17.6. The Bertz CT molecular complexity index is 838. The van der Waals surface area contributed by atoms with Crippen LogP contribution in [0.2, 0.25) is 0 Å². The molecule has 0 unspecified atom stereocenters. The van der Waals surface area contributed by atoms with E-state index in [0.29, 0.717) is 13.1 Å². The molecule has 4 rings (SSSR count). The summed E-state index contributed by atoms with van der Waals surface area (Å²) in [5.74, 6) is 2.00. The molecule has 6 heteroatoms. The summed E-state index contributed by atoms with van der Waals surface area (Å²) in [6.45, 7) is 5.32. The molecule has 1 saturated carbocycles. The van der Waals surface area contributed by atoms with Crippen LogP contribution in [-0.4, -0.2) is 39.9 Å². The first-order valence-corrected chi connectivity index (χ1v) is 10.9. The normalized spacial score (nSPS) is 21.7. The largest absolute Gasteiger partial charge is 0.507 e. The highest BCUT2D eigenvalue weighted by atomic mass is 16.5. The number of aromatic hydroxyl groups is 1. The maximum Gasteiger partial charge on any atom is 0.233 e. The molecule has 2 heterocycles. The number of ether oxygens (including phenoxy) is 1. The molecule has 4 N–H and O–H groups in total. The predicted molar refractivity (Wildman–Crippen MR) is 114 cm³/mol. The monoisotopic (exact) mass is 399 g/mol. The van der Waals surface area contributed by atoms with Gasteiger partial charge < -0.3 is 25.7 Å². The van der Waals surface area contributed by atoms with Gasteiger partial charge in [0, 0.05) is 13.1 Å². The quantitative estimate of drug-likeness (QED) is 0.305. The molecule has 0 aromatic heterocycles. The molecule has 6 nitrogen and oxygen atoms in total. The van der Waals surface area contributed by atoms with E-state index in [1.54, 1.807) is 0 Å². The van der Waals surface area contributed by atoms with Gasteiger partial charge in [0.2, 0.25) is 5.96 Å². The minimum Gasteiger partial charge on any atom is -0.507 e. The van der Waals surface area contributed by atoms with Gasteiger partial charge in [-0.2, -0.15) is 0 Å². The van der Waals surface area contributed by atoms with E-state index in [1.807, 2.05) is 11.0 Å². The van der Waals surface area contributed by atoms with E-state index in [4.69, 9.17) is 15.7 Å². The van der Waals surface area contributed by atoms with Crippen LogP contribution < -0.4 is 10.5 Å². The number of guanidine groups is 1. The first-order chi connectivity index (χ1) is 13.9. The third-order valence-electron chi connectivity index (χ3n) is 6.86. The van der Waals surface area contributed by atoms with Crippen molar-refractivity contribution in [3.8, 4) is 11.5 Å². The van der Waals surface area contributed by atoms with E-state index in [0.717, 1.165) is 47.6 Å². The van der Waals surface area contributed by atoms with E-state index in [1.165, 1.54) is 37.7 Å². The van der Waals surface area contributed by atoms with Crippen molar-refractivity contribution in [2.24, 2.45) is 16.8 Å². The van der Waals surface area contributed by atoms with Gasteiger partial charge >= 0.3 is 0 Å². The summed E-state index contributed by atoms with van der Waals surface area (Å²) in [5, 5.41) is 23.1. The number of hydrogen-bond acceptors (Lipinski definition) is 4. The van der Waals surface area contributed by atoms with Crippen LogP contribution >= 0.6 is 0 Å². The van der Waals surface area contributed by atoms with Gasteiger partial charge in [0.1, 0.15) is 17.1 Å². The highest BCUT2D eigenvalue weighted by Gasteiger charge is 2.39. The van der Waals surface area contributed by atoms with Gasteiger partial charge in [0.15, 0.2) is 0 Å². The van der Waals surface area contributed by atoms with Crippen LogP contribution in [0.5, 0.6) is 11.5 Å². The molecule has 1 aromatic carbocycles. The van der Waals surface area contributed by atoms with Crippen molar-refractivity contribution in [3.63, 3.8) is 0 Å². The number of fused-ring (bicyclic) bond motifs is 2. The first kappa shape index (κ1) is 19.9. The molecule has 1 fully saturated rings. The Kier molecular flexibility index (Phi) is 5.36. The van der Waals surface area contributed by atoms with Crippen molar-refractivity contribution in [1.29, 1.82) is 0 Å². The average molecular weight is 400 g/mol. The number of hydrogen-bond donors (Lipinski definition) is 3. The number of phenols is 1. The zero-order valence-corrected chi connectivity index (χ0v) is 17.6. The van der Waals surface area contributed by atoms with Crippen LogP contribution in [0.15, 0.2) is 22.9 Å². The second kappa shape index (κ2) is 7.81. The highest BCUT2D eigenvalue weighted by molar-refractivity contribution is 5.86. The zero-order chi connectivity index (χ0) is 20.6. The van der Waals surface area contributed by atoms with Crippen molar-refractivity contribution < 1.29 is 15.1 Å². The molecular formula is C23H33N3O3. The Hall–Kier alpha value is -2.37. The number of rotatable bonds is 4. The lowest BCUT2D eigenvalue weighted by molar-refractivity contribution is 0.134. The predicted octanol–water partition coefficient (Wildman–Crippen LogP) is 4.24. The van der Waals surface area contributed by atoms with E-state index in [-0.39, 0.29) is 11.7 Å². The molecule has 2 aliphatic heterocycles. The fourth-order valence-corrected chi connectivity index (χ4v) is 5.33. The lowest BCUT2D eigenvalue weighted by Gasteiger charge is -2.42. The molecule has 1 aliphatic carbocycles. The summed E-state index contributed by atoms with van der Waals surface area (Å²) in [7, 11) is 0. The Morgan fingerprint density at radius 3 is 2.79 bits per heavy atom. The lowest BCUT2D eigenvalue weighted by atomic mass is 9.81. The summed E-state index contributed by atoms with van der Waals surface area (Å²) in [6, 6.07) is 3.99. The summed E-state index contributed by atoms with van der Waals surface area (Å²) >= 11 is 0. The van der Waals surface area contributed by atoms with E-state index >= 15 is 0 Å². The Morgan fingerprint density at radius 2 is 2.07 bits per heavy atom. The minimum atomic E-state index is -0.436. The summed E-state index contributed by atoms with van der Waals surface area (Å²) in [6.07, 6.45) is 9.65. The number of nitrogens with two attached hydrogens (primary N) is 1. The third kappa shape index (κ3) is 3.89. The van der Waals surface area contributed by atoms with Crippen LogP contribution in [0.1, 0.15) is 69.9 Å². The molecule has 29 heavy (non-hydrogen) atoms. The van der Waals surface area contributed by atoms with Crippen molar-refractivity contribution >= 4 is 11.5 Å². The smallest absolute Gasteiger partial charge is 0.233 e. The number of oxime groups is 1. The minimum absolute atomic E-state index is 0.102. The van der Waals surface area contributed by atoms with Gasteiger partial charge in [0.05, 0.1) is 5.56 Å². The molecular weight excluding hydrogens is 366 g/mol. The van der Waals surface area contributed by atoms with Crippen molar-refractivity contribution in [2.45, 2.75) is 70.8 Å². The molecule has 3 aliphatic rings. The average Bonchev–Trinajstić information content (AvgIpc) is 3.19. The maximum atomic E-state index is 10.9. The molecule has 0 saturated heterocycles. The van der Waals surface area contributed by atoms with Crippen molar-refractivity contribution in [3.05, 3.63) is 28.8 Å². The molecule has 0 spiro atoms. The topological polar surface area (TPSA) is 91.3 Å². The van der Waals surface area contributed by atoms with Crippen LogP contribution in [0.25, 0.3) is 5.57 Å². The third-order valence-corrected chi connectivity index (χ3v) is 6.86. The van der Waals surface area contributed by atoms with E-state index in [2.05, 4.69) is 25.1 Å². The Morgan fingerprint density at radius 1 is 1.31 bits per heavy atom. The van der Waals surface area contributed by atoms with Crippen LogP contribution in [0.4, 0.5) is 0 Å². The fraction of sp³-hybridized carbons (Fsp3) is 0.609. The number of phenolic OH excluding ortho intramolecular Hbond substituents is 1. The SMILES string of the molecule is CC1(C)Oc2cc(CCCC3CCCC3)cc(O)c2C2=C1CCN(C(N)=NO)C2. The molecule has 0 amide bonds. The first-order valence-electron chi connectivity index (χ1n) is 10.9. The Labute approximate surface area is 173 Å². The van der Waals surface area contributed by atoms with Gasteiger partial charge in [-0.1, -0.05) is 37.3 Å². The van der Waals surface area contributed by atoms with E-state index < -0.39 is 5.60 Å². The van der Waals surface area contributed by atoms with Gasteiger partial charge in [-0.15, -0.1) is 0 Å². The van der Waals surface area contributed by atoms with Gasteiger partial charge in [-0.3, -0.25) is 0 Å². The molecule has 0 bridgehead atoms. The fourth-order valence-electron chi connectivity index (χ4n) is 5.33. The summed E-state index contributed by atoms with van der Waals surface area (Å²) in [4.78, 5) is 1.83. The van der Waals surface area contributed by atoms with Gasteiger partial charge in [0.25, 0.3) is 0 Å². The van der Waals surface area contributed by atoms with Crippen LogP contribution in [0, 0.1) is 5.92 Å². The number of nitrogens with zero attached hydrogens (tertiary/aromatic N) is 2. The van der Waals surface area contributed by atoms with Gasteiger partial charge in [-0.05, 0) is 67.9 Å². The van der Waals surface area contributed by atoms with Crippen LogP contribution in [0.3, 0.4) is 0 Å².